The molecular weight excluding hydrogens is 428 g/mol. The molecule has 176 valence electrons. The van der Waals surface area contributed by atoms with Gasteiger partial charge in [-0.1, -0.05) is 42.0 Å². The van der Waals surface area contributed by atoms with E-state index in [-0.39, 0.29) is 11.7 Å². The molecular formula is C26H30N6O2. The Hall–Kier alpha value is -3.36. The van der Waals surface area contributed by atoms with Crippen LogP contribution in [0.5, 0.6) is 0 Å². The summed E-state index contributed by atoms with van der Waals surface area (Å²) < 4.78 is 7.62. The normalized spacial score (nSPS) is 16.0. The fourth-order valence-corrected chi connectivity index (χ4v) is 4.54. The second-order valence-electron chi connectivity index (χ2n) is 9.07. The first-order valence-corrected chi connectivity index (χ1v) is 11.9. The van der Waals surface area contributed by atoms with E-state index in [1.165, 1.54) is 11.1 Å². The molecule has 0 spiro atoms. The lowest BCUT2D eigenvalue weighted by atomic mass is 10.1. The molecule has 34 heavy (non-hydrogen) atoms. The Kier molecular flexibility index (Phi) is 6.78. The number of pyridine rings is 1. The second-order valence-corrected chi connectivity index (χ2v) is 9.07. The molecule has 0 bridgehead atoms. The third-order valence-electron chi connectivity index (χ3n) is 6.40. The predicted octanol–water partition coefficient (Wildman–Crippen LogP) is 3.25. The molecule has 1 aliphatic heterocycles. The lowest BCUT2D eigenvalue weighted by molar-refractivity contribution is 0.0916. The summed E-state index contributed by atoms with van der Waals surface area (Å²) in [5, 5.41) is 13.5. The first kappa shape index (κ1) is 22.4. The largest absolute Gasteiger partial charge is 0.376 e. The van der Waals surface area contributed by atoms with E-state index in [1.54, 1.807) is 0 Å². The van der Waals surface area contributed by atoms with Gasteiger partial charge in [-0.3, -0.25) is 9.69 Å². The van der Waals surface area contributed by atoms with Gasteiger partial charge >= 0.3 is 0 Å². The number of hydrogen-bond donors (Lipinski definition) is 1. The highest BCUT2D eigenvalue weighted by Gasteiger charge is 2.20. The molecule has 1 atom stereocenters. The van der Waals surface area contributed by atoms with E-state index >= 15 is 0 Å². The minimum Gasteiger partial charge on any atom is -0.376 e. The van der Waals surface area contributed by atoms with Crippen LogP contribution in [0.1, 0.15) is 35.4 Å². The Bertz CT molecular complexity index is 1290. The summed E-state index contributed by atoms with van der Waals surface area (Å²) in [5.41, 5.74) is 3.97. The average molecular weight is 459 g/mol. The van der Waals surface area contributed by atoms with Crippen LogP contribution < -0.4 is 5.56 Å². The van der Waals surface area contributed by atoms with Crippen molar-refractivity contribution in [2.24, 2.45) is 0 Å². The summed E-state index contributed by atoms with van der Waals surface area (Å²) in [6.45, 7) is 5.36. The minimum absolute atomic E-state index is 0.0555. The van der Waals surface area contributed by atoms with Crippen LogP contribution in [-0.2, 0) is 30.8 Å². The fourth-order valence-electron chi connectivity index (χ4n) is 4.54. The Balaban J connectivity index is 1.38. The molecule has 4 aromatic rings. The standard InChI is InChI=1S/C26H30N6O2/c1-19-9-10-24-21(14-19)15-22(26(33)27-24)16-31(12-11-20-6-3-2-4-7-20)18-25-28-29-30-32(25)17-23-8-5-13-34-23/h2-4,6-7,9-10,14-15,23H,5,8,11-13,16-18H2,1H3,(H,27,33)/t23-/m1/s1. The highest BCUT2D eigenvalue weighted by molar-refractivity contribution is 5.79. The zero-order valence-electron chi connectivity index (χ0n) is 19.5. The molecule has 1 fully saturated rings. The maximum atomic E-state index is 12.9. The van der Waals surface area contributed by atoms with E-state index in [2.05, 4.69) is 62.7 Å². The van der Waals surface area contributed by atoms with Crippen LogP contribution >= 0.6 is 0 Å². The summed E-state index contributed by atoms with van der Waals surface area (Å²) in [4.78, 5) is 18.2. The van der Waals surface area contributed by atoms with Crippen molar-refractivity contribution in [3.63, 3.8) is 0 Å². The zero-order chi connectivity index (χ0) is 23.3. The van der Waals surface area contributed by atoms with Gasteiger partial charge in [-0.25, -0.2) is 4.68 Å². The van der Waals surface area contributed by atoms with Crippen LogP contribution in [0.15, 0.2) is 59.4 Å². The number of ether oxygens (including phenoxy) is 1. The molecule has 8 nitrogen and oxygen atoms in total. The van der Waals surface area contributed by atoms with Gasteiger partial charge in [0.2, 0.25) is 0 Å². The van der Waals surface area contributed by atoms with Crippen molar-refractivity contribution in [2.75, 3.05) is 13.2 Å². The zero-order valence-corrected chi connectivity index (χ0v) is 19.5. The van der Waals surface area contributed by atoms with Gasteiger partial charge in [-0.15, -0.1) is 5.10 Å². The molecule has 0 aliphatic carbocycles. The lowest BCUT2D eigenvalue weighted by Gasteiger charge is -2.22. The molecule has 0 radical (unpaired) electrons. The van der Waals surface area contributed by atoms with Crippen LogP contribution in [-0.4, -0.2) is 49.3 Å². The number of hydrogen-bond acceptors (Lipinski definition) is 6. The van der Waals surface area contributed by atoms with Gasteiger partial charge in [0.25, 0.3) is 5.56 Å². The first-order valence-electron chi connectivity index (χ1n) is 11.9. The highest BCUT2D eigenvalue weighted by Crippen LogP contribution is 2.17. The Labute approximate surface area is 198 Å². The number of fused-ring (bicyclic) bond motifs is 1. The van der Waals surface area contributed by atoms with Crippen LogP contribution in [0.2, 0.25) is 0 Å². The minimum atomic E-state index is -0.0555. The third-order valence-corrected chi connectivity index (χ3v) is 6.40. The summed E-state index contributed by atoms with van der Waals surface area (Å²) in [5.74, 6) is 0.789. The number of benzene rings is 2. The van der Waals surface area contributed by atoms with Crippen LogP contribution in [0.4, 0.5) is 0 Å². The summed E-state index contributed by atoms with van der Waals surface area (Å²) in [6, 6.07) is 18.5. The van der Waals surface area contributed by atoms with Crippen LogP contribution in [0, 0.1) is 6.92 Å². The van der Waals surface area contributed by atoms with Gasteiger partial charge < -0.3 is 9.72 Å². The summed E-state index contributed by atoms with van der Waals surface area (Å²) >= 11 is 0. The van der Waals surface area contributed by atoms with Gasteiger partial charge in [0.15, 0.2) is 5.82 Å². The average Bonchev–Trinajstić information content (AvgIpc) is 3.51. The van der Waals surface area contributed by atoms with Crippen LogP contribution in [0.3, 0.4) is 0 Å². The smallest absolute Gasteiger partial charge is 0.252 e. The molecule has 1 aliphatic rings. The quantitative estimate of drug-likeness (QED) is 0.414. The van der Waals surface area contributed by atoms with E-state index in [4.69, 9.17) is 4.74 Å². The number of aromatic nitrogens is 5. The predicted molar refractivity (Wildman–Crippen MR) is 130 cm³/mol. The van der Waals surface area contributed by atoms with E-state index in [1.807, 2.05) is 28.9 Å². The highest BCUT2D eigenvalue weighted by atomic mass is 16.5. The van der Waals surface area contributed by atoms with E-state index < -0.39 is 0 Å². The van der Waals surface area contributed by atoms with Crippen molar-refractivity contribution in [3.8, 4) is 0 Å². The molecule has 8 heteroatoms. The third kappa shape index (κ3) is 5.40. The number of tetrazole rings is 1. The first-order chi connectivity index (χ1) is 16.6. The van der Waals surface area contributed by atoms with Crippen molar-refractivity contribution < 1.29 is 4.74 Å². The van der Waals surface area contributed by atoms with E-state index in [0.29, 0.717) is 19.6 Å². The Morgan fingerprint density at radius 2 is 2.03 bits per heavy atom. The van der Waals surface area contributed by atoms with Gasteiger partial charge in [0.1, 0.15) is 0 Å². The lowest BCUT2D eigenvalue weighted by Crippen LogP contribution is -2.30. The maximum Gasteiger partial charge on any atom is 0.252 e. The second kappa shape index (κ2) is 10.3. The molecule has 1 N–H and O–H groups in total. The number of rotatable bonds is 9. The van der Waals surface area contributed by atoms with Crippen LogP contribution in [0.25, 0.3) is 10.9 Å². The van der Waals surface area contributed by atoms with Crippen molar-refractivity contribution in [3.05, 3.63) is 87.5 Å². The van der Waals surface area contributed by atoms with Crippen molar-refractivity contribution >= 4 is 10.9 Å². The molecule has 2 aromatic carbocycles. The Morgan fingerprint density at radius 1 is 1.15 bits per heavy atom. The molecule has 5 rings (SSSR count). The summed E-state index contributed by atoms with van der Waals surface area (Å²) in [7, 11) is 0. The monoisotopic (exact) mass is 458 g/mol. The summed E-state index contributed by atoms with van der Waals surface area (Å²) in [6.07, 6.45) is 3.14. The molecule has 1 saturated heterocycles. The number of aryl methyl sites for hydroxylation is 1. The maximum absolute atomic E-state index is 12.9. The topological polar surface area (TPSA) is 88.9 Å². The molecule has 0 amide bonds. The number of aromatic amines is 1. The van der Waals surface area contributed by atoms with Gasteiger partial charge in [-0.2, -0.15) is 0 Å². The van der Waals surface area contributed by atoms with E-state index in [0.717, 1.165) is 54.7 Å². The molecule has 2 aromatic heterocycles. The van der Waals surface area contributed by atoms with E-state index in [9.17, 15) is 4.79 Å². The number of nitrogens with zero attached hydrogens (tertiary/aromatic N) is 5. The van der Waals surface area contributed by atoms with Gasteiger partial charge in [-0.05, 0) is 65.8 Å². The number of H-pyrrole nitrogens is 1. The fraction of sp³-hybridized carbons (Fsp3) is 0.385. The van der Waals surface area contributed by atoms with Crippen molar-refractivity contribution in [1.29, 1.82) is 0 Å². The van der Waals surface area contributed by atoms with Gasteiger partial charge in [0, 0.05) is 30.8 Å². The molecule has 3 heterocycles. The number of nitrogens with one attached hydrogen (secondary N) is 1. The molecule has 0 unspecified atom stereocenters. The Morgan fingerprint density at radius 3 is 2.85 bits per heavy atom. The van der Waals surface area contributed by atoms with Crippen molar-refractivity contribution in [1.82, 2.24) is 30.1 Å². The SMILES string of the molecule is Cc1ccc2[nH]c(=O)c(CN(CCc3ccccc3)Cc3nnnn3C[C@H]3CCCO3)cc2c1. The molecule has 0 saturated carbocycles. The van der Waals surface area contributed by atoms with Crippen molar-refractivity contribution in [2.45, 2.75) is 51.9 Å². The van der Waals surface area contributed by atoms with Gasteiger partial charge in [0.05, 0.1) is 19.2 Å².